The minimum atomic E-state index is -0.485. The Hall–Kier alpha value is -3.91. The fourth-order valence-corrected chi connectivity index (χ4v) is 4.84. The Kier molecular flexibility index (Phi) is 12.6. The summed E-state index contributed by atoms with van der Waals surface area (Å²) in [5.41, 5.74) is 2.71. The van der Waals surface area contributed by atoms with Gasteiger partial charge in [0.05, 0.1) is 53.4 Å². The van der Waals surface area contributed by atoms with E-state index in [9.17, 15) is 4.79 Å². The summed E-state index contributed by atoms with van der Waals surface area (Å²) in [6.07, 6.45) is 5.88. The van der Waals surface area contributed by atoms with E-state index in [2.05, 4.69) is 0 Å². The van der Waals surface area contributed by atoms with Crippen molar-refractivity contribution in [3.8, 4) is 11.5 Å². The predicted octanol–water partition coefficient (Wildman–Crippen LogP) is 7.24. The largest absolute Gasteiger partial charge is 0.497 e. The van der Waals surface area contributed by atoms with E-state index in [0.29, 0.717) is 51.6 Å². The van der Waals surface area contributed by atoms with Crippen LogP contribution in [0.4, 0.5) is 0 Å². The molecular formula is C37H44O7. The average molecular weight is 601 g/mol. The molecule has 1 heterocycles. The molecule has 1 aliphatic rings. The molecule has 0 amide bonds. The van der Waals surface area contributed by atoms with Crippen molar-refractivity contribution in [2.24, 2.45) is 5.41 Å². The zero-order valence-electron chi connectivity index (χ0n) is 26.2. The van der Waals surface area contributed by atoms with Crippen LogP contribution in [0.25, 0.3) is 0 Å². The lowest BCUT2D eigenvalue weighted by Crippen LogP contribution is -2.33. The van der Waals surface area contributed by atoms with Crippen LogP contribution in [0.2, 0.25) is 0 Å². The van der Waals surface area contributed by atoms with Crippen LogP contribution in [0, 0.1) is 5.41 Å². The van der Waals surface area contributed by atoms with Crippen molar-refractivity contribution in [3.63, 3.8) is 0 Å². The summed E-state index contributed by atoms with van der Waals surface area (Å²) in [6, 6.07) is 25.7. The Morgan fingerprint density at radius 1 is 0.818 bits per heavy atom. The first-order valence-corrected chi connectivity index (χ1v) is 15.0. The maximum Gasteiger partial charge on any atom is 0.162 e. The summed E-state index contributed by atoms with van der Waals surface area (Å²) in [5, 5.41) is 0. The Morgan fingerprint density at radius 3 is 2.05 bits per heavy atom. The number of methoxy groups -OCH3 is 2. The summed E-state index contributed by atoms with van der Waals surface area (Å²) in [6.45, 7) is 6.30. The number of ether oxygens (including phenoxy) is 6. The van der Waals surface area contributed by atoms with E-state index >= 15 is 0 Å². The first-order chi connectivity index (χ1) is 21.3. The Balaban J connectivity index is 1.32. The van der Waals surface area contributed by atoms with Crippen LogP contribution in [-0.2, 0) is 43.6 Å². The van der Waals surface area contributed by atoms with Crippen LogP contribution in [0.1, 0.15) is 43.4 Å². The Bertz CT molecular complexity index is 1340. The van der Waals surface area contributed by atoms with Gasteiger partial charge in [-0.15, -0.1) is 0 Å². The van der Waals surface area contributed by atoms with Crippen LogP contribution in [0.3, 0.4) is 0 Å². The molecule has 4 rings (SSSR count). The summed E-state index contributed by atoms with van der Waals surface area (Å²) in [5.74, 6) is 2.31. The topological polar surface area (TPSA) is 72.5 Å². The lowest BCUT2D eigenvalue weighted by molar-refractivity contribution is -0.121. The summed E-state index contributed by atoms with van der Waals surface area (Å²) in [4.78, 5) is 12.8. The second-order valence-electron chi connectivity index (χ2n) is 11.4. The number of ketones is 1. The highest BCUT2D eigenvalue weighted by Crippen LogP contribution is 2.34. The van der Waals surface area contributed by atoms with Crippen LogP contribution < -0.4 is 9.47 Å². The summed E-state index contributed by atoms with van der Waals surface area (Å²) in [7, 11) is 3.30. The zero-order valence-corrected chi connectivity index (χ0v) is 26.2. The third-order valence-corrected chi connectivity index (χ3v) is 7.41. The molecule has 3 aromatic carbocycles. The van der Waals surface area contributed by atoms with Gasteiger partial charge in [0.1, 0.15) is 23.4 Å². The molecule has 1 unspecified atom stereocenters. The summed E-state index contributed by atoms with van der Waals surface area (Å²) < 4.78 is 35.1. The number of benzene rings is 3. The van der Waals surface area contributed by atoms with Gasteiger partial charge in [-0.25, -0.2) is 0 Å². The standard InChI is InChI=1S/C37H44O7/c1-37(2,19-8-20-41-24-29-11-15-32(39-3)16-12-29)36-22-31(38)21-34(44-36)23-35(27-42-25-28-9-6-5-7-10-28)43-26-30-13-17-33(40-4)18-14-30/h5-19,22,34-35H,20-21,23-27H2,1-4H3/b19-8+/t34?,35-/m0/s1. The fourth-order valence-electron chi connectivity index (χ4n) is 4.84. The highest BCUT2D eigenvalue weighted by atomic mass is 16.5. The highest BCUT2D eigenvalue weighted by Gasteiger charge is 2.32. The van der Waals surface area contributed by atoms with Crippen LogP contribution in [0.15, 0.2) is 103 Å². The number of hydrogen-bond acceptors (Lipinski definition) is 7. The van der Waals surface area contributed by atoms with E-state index in [1.54, 1.807) is 20.3 Å². The lowest BCUT2D eigenvalue weighted by atomic mass is 9.87. The smallest absolute Gasteiger partial charge is 0.162 e. The number of hydrogen-bond donors (Lipinski definition) is 0. The first-order valence-electron chi connectivity index (χ1n) is 15.0. The average Bonchev–Trinajstić information content (AvgIpc) is 3.04. The van der Waals surface area contributed by atoms with E-state index < -0.39 is 5.41 Å². The van der Waals surface area contributed by atoms with E-state index in [4.69, 9.17) is 28.4 Å². The number of allylic oxidation sites excluding steroid dienone is 2. The molecule has 7 nitrogen and oxygen atoms in total. The van der Waals surface area contributed by atoms with Gasteiger partial charge >= 0.3 is 0 Å². The molecule has 2 atom stereocenters. The molecule has 0 N–H and O–H groups in total. The Labute approximate surface area is 261 Å². The monoisotopic (exact) mass is 600 g/mol. The van der Waals surface area contributed by atoms with Crippen molar-refractivity contribution in [3.05, 3.63) is 120 Å². The van der Waals surface area contributed by atoms with Crippen molar-refractivity contribution in [1.82, 2.24) is 0 Å². The molecule has 0 saturated heterocycles. The zero-order chi connectivity index (χ0) is 31.2. The van der Waals surface area contributed by atoms with E-state index in [-0.39, 0.29) is 18.0 Å². The minimum absolute atomic E-state index is 0.0487. The van der Waals surface area contributed by atoms with Crippen LogP contribution in [-0.4, -0.2) is 45.4 Å². The molecule has 234 valence electrons. The fraction of sp³-hybridized carbons (Fsp3) is 0.378. The number of rotatable bonds is 17. The maximum atomic E-state index is 12.8. The molecule has 0 fully saturated rings. The van der Waals surface area contributed by atoms with E-state index in [1.807, 2.05) is 105 Å². The van der Waals surface area contributed by atoms with Gasteiger partial charge in [-0.05, 0) is 54.8 Å². The number of carbonyl (C=O) groups is 1. The highest BCUT2D eigenvalue weighted by molar-refractivity contribution is 5.91. The molecule has 0 saturated carbocycles. The molecule has 1 aliphatic heterocycles. The molecular weight excluding hydrogens is 556 g/mol. The van der Waals surface area contributed by atoms with Crippen molar-refractivity contribution in [1.29, 1.82) is 0 Å². The van der Waals surface area contributed by atoms with Gasteiger partial charge in [0, 0.05) is 24.3 Å². The maximum absolute atomic E-state index is 12.8. The molecule has 0 aromatic heterocycles. The van der Waals surface area contributed by atoms with Gasteiger partial charge in [0.15, 0.2) is 5.78 Å². The van der Waals surface area contributed by atoms with Crippen LogP contribution in [0.5, 0.6) is 11.5 Å². The van der Waals surface area contributed by atoms with Crippen molar-refractivity contribution < 1.29 is 33.2 Å². The molecule has 3 aromatic rings. The minimum Gasteiger partial charge on any atom is -0.497 e. The summed E-state index contributed by atoms with van der Waals surface area (Å²) >= 11 is 0. The second kappa shape index (κ2) is 16.8. The molecule has 0 spiro atoms. The molecule has 0 bridgehead atoms. The van der Waals surface area contributed by atoms with E-state index in [1.165, 1.54) is 0 Å². The van der Waals surface area contributed by atoms with Gasteiger partial charge < -0.3 is 28.4 Å². The molecule has 44 heavy (non-hydrogen) atoms. The SMILES string of the molecule is COc1ccc(COC/C=C/C(C)(C)C2=CC(=O)CC(C[C@@H](COCc3ccccc3)OCc3ccc(OC)cc3)O2)cc1. The van der Waals surface area contributed by atoms with Gasteiger partial charge in [0.25, 0.3) is 0 Å². The molecule has 0 aliphatic carbocycles. The van der Waals surface area contributed by atoms with Gasteiger partial charge in [-0.3, -0.25) is 4.79 Å². The first kappa shape index (κ1) is 33.0. The predicted molar refractivity (Wildman–Crippen MR) is 170 cm³/mol. The van der Waals surface area contributed by atoms with Gasteiger partial charge in [-0.1, -0.05) is 66.7 Å². The van der Waals surface area contributed by atoms with Crippen molar-refractivity contribution in [2.75, 3.05) is 27.4 Å². The second-order valence-corrected chi connectivity index (χ2v) is 11.4. The molecule has 0 radical (unpaired) electrons. The van der Waals surface area contributed by atoms with Crippen LogP contribution >= 0.6 is 0 Å². The van der Waals surface area contributed by atoms with Gasteiger partial charge in [0.2, 0.25) is 0 Å². The lowest BCUT2D eigenvalue weighted by Gasteiger charge is -2.33. The normalized spacial score (nSPS) is 16.0. The molecule has 7 heteroatoms. The third kappa shape index (κ3) is 10.7. The quantitative estimate of drug-likeness (QED) is 0.120. The number of carbonyl (C=O) groups excluding carboxylic acids is 1. The van der Waals surface area contributed by atoms with Crippen molar-refractivity contribution >= 4 is 5.78 Å². The Morgan fingerprint density at radius 2 is 1.41 bits per heavy atom. The van der Waals surface area contributed by atoms with Gasteiger partial charge in [-0.2, -0.15) is 0 Å². The van der Waals surface area contributed by atoms with Crippen molar-refractivity contribution in [2.45, 2.75) is 58.7 Å². The van der Waals surface area contributed by atoms with E-state index in [0.717, 1.165) is 28.2 Å². The third-order valence-electron chi connectivity index (χ3n) is 7.41.